The minimum atomic E-state index is -0.222. The van der Waals surface area contributed by atoms with Crippen molar-refractivity contribution in [3.05, 3.63) is 29.6 Å². The Morgan fingerprint density at radius 2 is 1.78 bits per heavy atom. The Morgan fingerprint density at radius 1 is 1.03 bits per heavy atom. The molecule has 2 saturated heterocycles. The van der Waals surface area contributed by atoms with E-state index in [1.165, 1.54) is 31.7 Å². The van der Waals surface area contributed by atoms with Crippen LogP contribution in [0.2, 0.25) is 0 Å². The second-order valence-electron chi connectivity index (χ2n) is 11.1. The van der Waals surface area contributed by atoms with Gasteiger partial charge in [-0.2, -0.15) is 0 Å². The molecule has 1 saturated carbocycles. The van der Waals surface area contributed by atoms with Gasteiger partial charge in [0, 0.05) is 30.9 Å². The number of nitrogens with one attached hydrogen (secondary N) is 1. The molecule has 4 aliphatic rings. The Kier molecular flexibility index (Phi) is 6.58. The third-order valence-corrected chi connectivity index (χ3v) is 8.96. The number of hydrogen-bond acceptors (Lipinski definition) is 3. The first-order valence-electron chi connectivity index (χ1n) is 13.1. The summed E-state index contributed by atoms with van der Waals surface area (Å²) in [5.41, 5.74) is 1.90. The van der Waals surface area contributed by atoms with Crippen molar-refractivity contribution < 1.29 is 9.18 Å². The number of carbonyl (C=O) groups is 1. The smallest absolute Gasteiger partial charge is 0.234 e. The monoisotopic (exact) mass is 441 g/mol. The van der Waals surface area contributed by atoms with Crippen molar-refractivity contribution in [3.8, 4) is 0 Å². The summed E-state index contributed by atoms with van der Waals surface area (Å²) in [7, 11) is 0. The average molecular weight is 442 g/mol. The first-order chi connectivity index (χ1) is 15.5. The van der Waals surface area contributed by atoms with Crippen LogP contribution in [0.4, 0.5) is 10.1 Å². The van der Waals surface area contributed by atoms with Crippen LogP contribution < -0.4 is 10.2 Å². The average Bonchev–Trinajstić information content (AvgIpc) is 3.41. The quantitative estimate of drug-likeness (QED) is 0.703. The van der Waals surface area contributed by atoms with Gasteiger partial charge in [-0.15, -0.1) is 0 Å². The maximum absolute atomic E-state index is 14.1. The van der Waals surface area contributed by atoms with Crippen LogP contribution in [-0.2, 0) is 4.79 Å². The van der Waals surface area contributed by atoms with Gasteiger partial charge in [-0.1, -0.05) is 13.8 Å². The molecule has 3 heterocycles. The Balaban J connectivity index is 1.25. The number of halogens is 1. The van der Waals surface area contributed by atoms with E-state index in [1.54, 1.807) is 6.07 Å². The van der Waals surface area contributed by atoms with Gasteiger partial charge in [0.2, 0.25) is 5.91 Å². The van der Waals surface area contributed by atoms with E-state index < -0.39 is 0 Å². The molecule has 2 unspecified atom stereocenters. The second-order valence-corrected chi connectivity index (χ2v) is 11.1. The van der Waals surface area contributed by atoms with Crippen molar-refractivity contribution in [3.63, 3.8) is 0 Å². The molecule has 0 bridgehead atoms. The molecule has 4 nitrogen and oxygen atoms in total. The molecule has 0 radical (unpaired) electrons. The standard InChI is InChI=1S/C27H40FN3O/c1-18(2)20-3-6-22(7-4-20)30-13-10-23(11-14-30)31-26-8-5-21(28)16-24(26)25(27(31)32)15-19-9-12-29-17-19/h5,8,16,18-20,22-23,25,29H,3-4,6-7,9-15,17H2,1-2H3/t19?,20-,22+,25?. The third kappa shape index (κ3) is 4.35. The molecular weight excluding hydrogens is 401 g/mol. The van der Waals surface area contributed by atoms with Gasteiger partial charge in [-0.25, -0.2) is 4.39 Å². The molecule has 32 heavy (non-hydrogen) atoms. The van der Waals surface area contributed by atoms with Gasteiger partial charge in [0.15, 0.2) is 0 Å². The molecule has 1 aromatic rings. The van der Waals surface area contributed by atoms with Gasteiger partial charge in [-0.3, -0.25) is 4.79 Å². The highest BCUT2D eigenvalue weighted by atomic mass is 19.1. The molecule has 1 aromatic carbocycles. The van der Waals surface area contributed by atoms with Crippen molar-refractivity contribution in [1.82, 2.24) is 10.2 Å². The summed E-state index contributed by atoms with van der Waals surface area (Å²) in [6, 6.07) is 5.99. The zero-order chi connectivity index (χ0) is 22.2. The number of hydrogen-bond donors (Lipinski definition) is 1. The van der Waals surface area contributed by atoms with Crippen molar-refractivity contribution in [2.75, 3.05) is 31.1 Å². The van der Waals surface area contributed by atoms with Gasteiger partial charge >= 0.3 is 0 Å². The van der Waals surface area contributed by atoms with E-state index in [1.807, 2.05) is 6.07 Å². The molecule has 3 fully saturated rings. The summed E-state index contributed by atoms with van der Waals surface area (Å²) in [6.07, 6.45) is 9.41. The predicted molar refractivity (Wildman–Crippen MR) is 127 cm³/mol. The first-order valence-corrected chi connectivity index (χ1v) is 13.1. The maximum atomic E-state index is 14.1. The molecule has 1 amide bonds. The molecule has 1 aliphatic carbocycles. The molecular formula is C27H40FN3O. The van der Waals surface area contributed by atoms with Gasteiger partial charge in [-0.05, 0) is 106 Å². The van der Waals surface area contributed by atoms with Gasteiger partial charge < -0.3 is 15.1 Å². The number of amides is 1. The summed E-state index contributed by atoms with van der Waals surface area (Å²) < 4.78 is 14.1. The number of carbonyl (C=O) groups excluding carboxylic acids is 1. The van der Waals surface area contributed by atoms with Crippen LogP contribution in [0.1, 0.15) is 76.7 Å². The largest absolute Gasteiger partial charge is 0.316 e. The van der Waals surface area contributed by atoms with E-state index in [9.17, 15) is 9.18 Å². The van der Waals surface area contributed by atoms with Crippen LogP contribution in [0.15, 0.2) is 18.2 Å². The Hall–Kier alpha value is -1.46. The van der Waals surface area contributed by atoms with Gasteiger partial charge in [0.25, 0.3) is 0 Å². The van der Waals surface area contributed by atoms with Crippen LogP contribution in [0.25, 0.3) is 0 Å². The lowest BCUT2D eigenvalue weighted by Crippen LogP contribution is -2.50. The highest BCUT2D eigenvalue weighted by Gasteiger charge is 2.43. The molecule has 0 spiro atoms. The highest BCUT2D eigenvalue weighted by molar-refractivity contribution is 6.05. The fourth-order valence-electron chi connectivity index (χ4n) is 6.94. The number of piperidine rings is 1. The minimum Gasteiger partial charge on any atom is -0.316 e. The summed E-state index contributed by atoms with van der Waals surface area (Å²) in [5.74, 6) is 2.04. The molecule has 0 aromatic heterocycles. The van der Waals surface area contributed by atoms with Crippen LogP contribution in [0.5, 0.6) is 0 Å². The summed E-state index contributed by atoms with van der Waals surface area (Å²) in [5, 5.41) is 3.41. The Labute approximate surface area is 192 Å². The van der Waals surface area contributed by atoms with E-state index in [0.29, 0.717) is 5.92 Å². The molecule has 2 atom stereocenters. The van der Waals surface area contributed by atoms with Crippen LogP contribution >= 0.6 is 0 Å². The zero-order valence-electron chi connectivity index (χ0n) is 19.9. The normalized spacial score (nSPS) is 32.1. The predicted octanol–water partition coefficient (Wildman–Crippen LogP) is 4.93. The molecule has 5 rings (SSSR count). The zero-order valence-corrected chi connectivity index (χ0v) is 19.9. The number of likely N-dealkylation sites (tertiary alicyclic amines) is 1. The SMILES string of the molecule is CC(C)[C@H]1CC[C@@H](N2CCC(N3C(=O)C(CC4CCNC4)c4cc(F)ccc43)CC2)CC1. The first kappa shape index (κ1) is 22.3. The van der Waals surface area contributed by atoms with E-state index in [2.05, 4.69) is 29.0 Å². The molecule has 3 aliphatic heterocycles. The van der Waals surface area contributed by atoms with Crippen molar-refractivity contribution in [1.29, 1.82) is 0 Å². The number of nitrogens with zero attached hydrogens (tertiary/aromatic N) is 2. The van der Waals surface area contributed by atoms with E-state index in [4.69, 9.17) is 0 Å². The lowest BCUT2D eigenvalue weighted by atomic mass is 9.79. The van der Waals surface area contributed by atoms with E-state index in [0.717, 1.165) is 81.0 Å². The summed E-state index contributed by atoms with van der Waals surface area (Å²) in [6.45, 7) is 8.90. The second kappa shape index (κ2) is 9.42. The Morgan fingerprint density at radius 3 is 2.44 bits per heavy atom. The van der Waals surface area contributed by atoms with E-state index >= 15 is 0 Å². The van der Waals surface area contributed by atoms with Gasteiger partial charge in [0.1, 0.15) is 5.82 Å². The molecule has 176 valence electrons. The van der Waals surface area contributed by atoms with E-state index in [-0.39, 0.29) is 23.7 Å². The summed E-state index contributed by atoms with van der Waals surface area (Å²) >= 11 is 0. The van der Waals surface area contributed by atoms with Crippen LogP contribution in [-0.4, -0.2) is 49.1 Å². The number of rotatable bonds is 5. The van der Waals surface area contributed by atoms with Crippen molar-refractivity contribution in [2.24, 2.45) is 17.8 Å². The lowest BCUT2D eigenvalue weighted by Gasteiger charge is -2.43. The molecule has 1 N–H and O–H groups in total. The fourth-order valence-corrected chi connectivity index (χ4v) is 6.94. The number of anilines is 1. The lowest BCUT2D eigenvalue weighted by molar-refractivity contribution is -0.120. The topological polar surface area (TPSA) is 35.6 Å². The van der Waals surface area contributed by atoms with Crippen LogP contribution in [0, 0.1) is 23.6 Å². The summed E-state index contributed by atoms with van der Waals surface area (Å²) in [4.78, 5) is 18.4. The highest BCUT2D eigenvalue weighted by Crippen LogP contribution is 2.44. The Bertz CT molecular complexity index is 805. The number of benzene rings is 1. The van der Waals surface area contributed by atoms with Crippen LogP contribution in [0.3, 0.4) is 0 Å². The van der Waals surface area contributed by atoms with Gasteiger partial charge in [0.05, 0.1) is 5.92 Å². The third-order valence-electron chi connectivity index (χ3n) is 8.96. The maximum Gasteiger partial charge on any atom is 0.234 e. The number of fused-ring (bicyclic) bond motifs is 1. The molecule has 5 heteroatoms. The minimum absolute atomic E-state index is 0.171. The van der Waals surface area contributed by atoms with Crippen molar-refractivity contribution >= 4 is 11.6 Å². The fraction of sp³-hybridized carbons (Fsp3) is 0.741. The van der Waals surface area contributed by atoms with Crippen molar-refractivity contribution in [2.45, 2.75) is 83.2 Å².